The van der Waals surface area contributed by atoms with Gasteiger partial charge in [-0.2, -0.15) is 0 Å². The van der Waals surface area contributed by atoms with Gasteiger partial charge in [0.1, 0.15) is 5.92 Å². The van der Waals surface area contributed by atoms with Gasteiger partial charge in [-0.25, -0.2) is 0 Å². The molecule has 1 heterocycles. The number of nitrogens with one attached hydrogen (secondary N) is 2. The molecule has 98 valence electrons. The molecule has 0 bridgehead atoms. The van der Waals surface area contributed by atoms with E-state index in [0.29, 0.717) is 13.2 Å². The molecule has 0 radical (unpaired) electrons. The molecule has 1 aliphatic heterocycles. The maximum absolute atomic E-state index is 11.5. The highest BCUT2D eigenvalue weighted by molar-refractivity contribution is 5.80. The molecule has 7 nitrogen and oxygen atoms in total. The lowest BCUT2D eigenvalue weighted by molar-refractivity contribution is -0.142. The van der Waals surface area contributed by atoms with E-state index in [4.69, 9.17) is 14.6 Å². The molecule has 1 aliphatic rings. The van der Waals surface area contributed by atoms with Crippen molar-refractivity contribution in [2.45, 2.75) is 6.04 Å². The van der Waals surface area contributed by atoms with Gasteiger partial charge in [0, 0.05) is 13.7 Å². The van der Waals surface area contributed by atoms with Crippen molar-refractivity contribution < 1.29 is 24.2 Å². The number of carboxylic acid groups (broad SMARTS) is 1. The molecule has 1 amide bonds. The second-order valence-corrected chi connectivity index (χ2v) is 3.83. The van der Waals surface area contributed by atoms with Gasteiger partial charge in [0.25, 0.3) is 0 Å². The molecule has 0 aromatic rings. The Balaban J connectivity index is 2.23. The average Bonchev–Trinajstić information content (AvgIpc) is 2.72. The second-order valence-electron chi connectivity index (χ2n) is 3.83. The zero-order chi connectivity index (χ0) is 12.7. The van der Waals surface area contributed by atoms with Crippen molar-refractivity contribution in [3.8, 4) is 0 Å². The zero-order valence-corrected chi connectivity index (χ0v) is 9.77. The minimum Gasteiger partial charge on any atom is -0.481 e. The lowest BCUT2D eigenvalue weighted by Gasteiger charge is -2.15. The van der Waals surface area contributed by atoms with E-state index in [1.54, 1.807) is 7.11 Å². The summed E-state index contributed by atoms with van der Waals surface area (Å²) in [5.41, 5.74) is 0. The quantitative estimate of drug-likeness (QED) is 0.470. The third kappa shape index (κ3) is 4.68. The van der Waals surface area contributed by atoms with Crippen LogP contribution in [0.2, 0.25) is 0 Å². The predicted octanol–water partition coefficient (Wildman–Crippen LogP) is -1.56. The first kappa shape index (κ1) is 13.9. The van der Waals surface area contributed by atoms with Gasteiger partial charge in [-0.05, 0) is 0 Å². The number of hydrogen-bond donors (Lipinski definition) is 3. The summed E-state index contributed by atoms with van der Waals surface area (Å²) in [7, 11) is 1.58. The molecule has 1 fully saturated rings. The Hall–Kier alpha value is -1.18. The van der Waals surface area contributed by atoms with Crippen molar-refractivity contribution in [2.24, 2.45) is 5.92 Å². The highest BCUT2D eigenvalue weighted by Gasteiger charge is 2.34. The molecular formula is C10H18N2O5. The maximum Gasteiger partial charge on any atom is 0.311 e. The summed E-state index contributed by atoms with van der Waals surface area (Å²) in [5.74, 6) is -1.83. The van der Waals surface area contributed by atoms with Crippen LogP contribution >= 0.6 is 0 Å². The van der Waals surface area contributed by atoms with E-state index in [0.717, 1.165) is 0 Å². The molecule has 17 heavy (non-hydrogen) atoms. The molecule has 7 heteroatoms. The summed E-state index contributed by atoms with van der Waals surface area (Å²) in [6.45, 7) is 1.65. The summed E-state index contributed by atoms with van der Waals surface area (Å²) in [6, 6.07) is -0.441. The molecule has 0 saturated carbocycles. The predicted molar refractivity (Wildman–Crippen MR) is 58.6 cm³/mol. The van der Waals surface area contributed by atoms with E-state index in [-0.39, 0.29) is 25.7 Å². The molecule has 0 aromatic carbocycles. The fourth-order valence-corrected chi connectivity index (χ4v) is 1.57. The van der Waals surface area contributed by atoms with Crippen LogP contribution in [0.3, 0.4) is 0 Å². The van der Waals surface area contributed by atoms with Crippen LogP contribution in [0.15, 0.2) is 0 Å². The number of methoxy groups -OCH3 is 1. The normalized spacial score (nSPS) is 23.6. The number of carbonyl (C=O) groups is 2. The van der Waals surface area contributed by atoms with Crippen molar-refractivity contribution in [1.82, 2.24) is 10.6 Å². The minimum atomic E-state index is -0.944. The van der Waals surface area contributed by atoms with Crippen LogP contribution < -0.4 is 10.6 Å². The lowest BCUT2D eigenvalue weighted by Crippen LogP contribution is -2.46. The van der Waals surface area contributed by atoms with Gasteiger partial charge in [-0.1, -0.05) is 0 Å². The number of aliphatic carboxylic acids is 1. The van der Waals surface area contributed by atoms with Crippen LogP contribution in [0.25, 0.3) is 0 Å². The van der Waals surface area contributed by atoms with Gasteiger partial charge in [-0.3, -0.25) is 9.59 Å². The van der Waals surface area contributed by atoms with Crippen molar-refractivity contribution in [2.75, 3.05) is 40.0 Å². The number of carboxylic acids is 1. The number of amides is 1. The third-order valence-electron chi connectivity index (χ3n) is 2.51. The average molecular weight is 246 g/mol. The molecule has 1 saturated heterocycles. The van der Waals surface area contributed by atoms with Crippen LogP contribution in [0.4, 0.5) is 0 Å². The summed E-state index contributed by atoms with van der Waals surface area (Å²) in [5, 5.41) is 14.4. The van der Waals surface area contributed by atoms with Gasteiger partial charge in [-0.15, -0.1) is 0 Å². The Labute approximate surface area is 99.5 Å². The van der Waals surface area contributed by atoms with E-state index in [9.17, 15) is 9.59 Å². The smallest absolute Gasteiger partial charge is 0.311 e. The first-order valence-electron chi connectivity index (χ1n) is 5.44. The molecule has 0 aliphatic carbocycles. The highest BCUT2D eigenvalue weighted by atomic mass is 16.5. The fraction of sp³-hybridized carbons (Fsp3) is 0.800. The molecule has 0 aromatic heterocycles. The van der Waals surface area contributed by atoms with Crippen LogP contribution in [-0.2, 0) is 19.1 Å². The zero-order valence-electron chi connectivity index (χ0n) is 9.77. The van der Waals surface area contributed by atoms with Gasteiger partial charge < -0.3 is 25.2 Å². The molecule has 2 unspecified atom stereocenters. The van der Waals surface area contributed by atoms with Crippen molar-refractivity contribution >= 4 is 11.9 Å². The second kappa shape index (κ2) is 7.21. The summed E-state index contributed by atoms with van der Waals surface area (Å²) in [4.78, 5) is 22.3. The Morgan fingerprint density at radius 2 is 2.24 bits per heavy atom. The van der Waals surface area contributed by atoms with Crippen LogP contribution in [0, 0.1) is 5.92 Å². The Bertz CT molecular complexity index is 271. The standard InChI is InChI=1S/C10H18N2O5/c1-16-3-2-11-4-9(13)12-8-6-17-5-7(8)10(14)15/h7-8,11H,2-6H2,1H3,(H,12,13)(H,14,15). The number of hydrogen-bond acceptors (Lipinski definition) is 5. The summed E-state index contributed by atoms with van der Waals surface area (Å²) in [6.07, 6.45) is 0. The van der Waals surface area contributed by atoms with Crippen molar-refractivity contribution in [3.05, 3.63) is 0 Å². The first-order valence-corrected chi connectivity index (χ1v) is 5.44. The Kier molecular flexibility index (Phi) is 5.88. The Morgan fingerprint density at radius 1 is 1.47 bits per heavy atom. The number of rotatable bonds is 7. The fourth-order valence-electron chi connectivity index (χ4n) is 1.57. The maximum atomic E-state index is 11.5. The van der Waals surface area contributed by atoms with Gasteiger partial charge in [0.2, 0.25) is 5.91 Å². The molecule has 0 spiro atoms. The van der Waals surface area contributed by atoms with E-state index < -0.39 is 17.9 Å². The number of ether oxygens (including phenoxy) is 2. The molecule has 3 N–H and O–H groups in total. The van der Waals surface area contributed by atoms with E-state index in [2.05, 4.69) is 10.6 Å². The van der Waals surface area contributed by atoms with Crippen molar-refractivity contribution in [1.29, 1.82) is 0 Å². The van der Waals surface area contributed by atoms with Crippen LogP contribution in [-0.4, -0.2) is 63.0 Å². The lowest BCUT2D eigenvalue weighted by atomic mass is 10.0. The van der Waals surface area contributed by atoms with Gasteiger partial charge in [0.05, 0.1) is 32.4 Å². The topological polar surface area (TPSA) is 96.9 Å². The third-order valence-corrected chi connectivity index (χ3v) is 2.51. The van der Waals surface area contributed by atoms with E-state index >= 15 is 0 Å². The highest BCUT2D eigenvalue weighted by Crippen LogP contribution is 2.13. The largest absolute Gasteiger partial charge is 0.481 e. The van der Waals surface area contributed by atoms with Crippen molar-refractivity contribution in [3.63, 3.8) is 0 Å². The van der Waals surface area contributed by atoms with Gasteiger partial charge in [0.15, 0.2) is 0 Å². The SMILES string of the molecule is COCCNCC(=O)NC1COCC1C(=O)O. The van der Waals surface area contributed by atoms with Gasteiger partial charge >= 0.3 is 5.97 Å². The molecular weight excluding hydrogens is 228 g/mol. The van der Waals surface area contributed by atoms with Crippen LogP contribution in [0.1, 0.15) is 0 Å². The molecule has 1 rings (SSSR count). The Morgan fingerprint density at radius 3 is 2.88 bits per heavy atom. The van der Waals surface area contributed by atoms with Crippen LogP contribution in [0.5, 0.6) is 0 Å². The number of carbonyl (C=O) groups excluding carboxylic acids is 1. The van der Waals surface area contributed by atoms with E-state index in [1.807, 2.05) is 0 Å². The summed E-state index contributed by atoms with van der Waals surface area (Å²) >= 11 is 0. The minimum absolute atomic E-state index is 0.145. The summed E-state index contributed by atoms with van der Waals surface area (Å²) < 4.78 is 9.85. The van der Waals surface area contributed by atoms with E-state index in [1.165, 1.54) is 0 Å². The first-order chi connectivity index (χ1) is 8.15. The molecule has 2 atom stereocenters. The monoisotopic (exact) mass is 246 g/mol.